The Hall–Kier alpha value is -2.53. The smallest absolute Gasteiger partial charge is 0.157 e. The summed E-state index contributed by atoms with van der Waals surface area (Å²) in [5, 5.41) is 3.16. The van der Waals surface area contributed by atoms with E-state index in [9.17, 15) is 8.42 Å². The standard InChI is InChI=1S/C26H33N5O4S/c1-27-14-18-13-24-21(28-18)5-6-22(29-24)23-11-17(26(36(2,32)33)7-9-34-10-8-26)12-25(30-23)31-15-19-3-4-20(16-31)35-19/h5-6,11-13,19-20,27-28H,3-4,7-10,14-16H2,1-2H3. The van der Waals surface area contributed by atoms with E-state index in [1.165, 1.54) is 6.26 Å². The van der Waals surface area contributed by atoms with E-state index < -0.39 is 14.6 Å². The molecule has 0 radical (unpaired) electrons. The number of hydrogen-bond donors (Lipinski definition) is 2. The molecule has 9 nitrogen and oxygen atoms in total. The van der Waals surface area contributed by atoms with E-state index in [0.29, 0.717) is 31.7 Å². The fourth-order valence-electron chi connectivity index (χ4n) is 5.94. The molecule has 36 heavy (non-hydrogen) atoms. The van der Waals surface area contributed by atoms with Crippen molar-refractivity contribution in [2.45, 2.75) is 49.2 Å². The minimum atomic E-state index is -3.42. The quantitative estimate of drug-likeness (QED) is 0.520. The zero-order valence-corrected chi connectivity index (χ0v) is 21.6. The number of hydrogen-bond acceptors (Lipinski definition) is 8. The minimum absolute atomic E-state index is 0.199. The maximum Gasteiger partial charge on any atom is 0.157 e. The first kappa shape index (κ1) is 23.8. The van der Waals surface area contributed by atoms with Crippen LogP contribution in [-0.4, -0.2) is 75.2 Å². The number of fused-ring (bicyclic) bond motifs is 3. The molecule has 192 valence electrons. The first-order valence-electron chi connectivity index (χ1n) is 12.7. The van der Waals surface area contributed by atoms with Crippen molar-refractivity contribution in [2.24, 2.45) is 0 Å². The summed E-state index contributed by atoms with van der Waals surface area (Å²) < 4.78 is 37.2. The van der Waals surface area contributed by atoms with Crippen LogP contribution in [0.15, 0.2) is 30.3 Å². The maximum atomic E-state index is 13.3. The molecule has 0 saturated carbocycles. The minimum Gasteiger partial charge on any atom is -0.381 e. The van der Waals surface area contributed by atoms with Gasteiger partial charge in [0.05, 0.1) is 34.6 Å². The molecule has 6 rings (SSSR count). The molecule has 6 heterocycles. The molecular weight excluding hydrogens is 478 g/mol. The predicted molar refractivity (Wildman–Crippen MR) is 139 cm³/mol. The average Bonchev–Trinajstić information content (AvgIpc) is 3.44. The van der Waals surface area contributed by atoms with Gasteiger partial charge in [0, 0.05) is 44.8 Å². The zero-order valence-electron chi connectivity index (χ0n) is 20.8. The Morgan fingerprint density at radius 1 is 1.08 bits per heavy atom. The summed E-state index contributed by atoms with van der Waals surface area (Å²) in [6.07, 6.45) is 4.72. The van der Waals surface area contributed by atoms with Crippen LogP contribution in [0.2, 0.25) is 0 Å². The third kappa shape index (κ3) is 4.19. The van der Waals surface area contributed by atoms with Crippen molar-refractivity contribution in [2.75, 3.05) is 44.5 Å². The van der Waals surface area contributed by atoms with Crippen LogP contribution in [0.5, 0.6) is 0 Å². The lowest BCUT2D eigenvalue weighted by molar-refractivity contribution is 0.0302. The second kappa shape index (κ2) is 9.09. The van der Waals surface area contributed by atoms with E-state index in [0.717, 1.165) is 66.3 Å². The molecule has 3 aromatic rings. The lowest BCUT2D eigenvalue weighted by Crippen LogP contribution is -2.44. The van der Waals surface area contributed by atoms with Gasteiger partial charge in [0.1, 0.15) is 10.6 Å². The van der Waals surface area contributed by atoms with Crippen molar-refractivity contribution in [3.63, 3.8) is 0 Å². The average molecular weight is 512 g/mol. The summed E-state index contributed by atoms with van der Waals surface area (Å²) in [6, 6.07) is 9.93. The molecule has 10 heteroatoms. The molecule has 0 aliphatic carbocycles. The molecule has 3 fully saturated rings. The van der Waals surface area contributed by atoms with E-state index >= 15 is 0 Å². The van der Waals surface area contributed by atoms with Crippen LogP contribution in [0.3, 0.4) is 0 Å². The van der Waals surface area contributed by atoms with Crippen LogP contribution in [0, 0.1) is 0 Å². The van der Waals surface area contributed by atoms with E-state index in [2.05, 4.69) is 15.2 Å². The largest absolute Gasteiger partial charge is 0.381 e. The summed E-state index contributed by atoms with van der Waals surface area (Å²) in [4.78, 5) is 15.6. The van der Waals surface area contributed by atoms with Gasteiger partial charge >= 0.3 is 0 Å². The molecule has 0 aromatic carbocycles. The first-order chi connectivity index (χ1) is 17.3. The Bertz CT molecular complexity index is 1370. The van der Waals surface area contributed by atoms with Crippen molar-refractivity contribution in [1.29, 1.82) is 0 Å². The van der Waals surface area contributed by atoms with Gasteiger partial charge in [-0.2, -0.15) is 0 Å². The zero-order chi connectivity index (χ0) is 24.9. The molecule has 2 atom stereocenters. The molecular formula is C26H33N5O4S. The van der Waals surface area contributed by atoms with Crippen LogP contribution in [0.1, 0.15) is 36.9 Å². The SMILES string of the molecule is CNCc1cc2nc(-c3cc(C4(S(C)(=O)=O)CCOCC4)cc(N4CC5CCC(C4)O5)n3)ccc2[nH]1. The Kier molecular flexibility index (Phi) is 6.02. The highest BCUT2D eigenvalue weighted by molar-refractivity contribution is 7.91. The van der Waals surface area contributed by atoms with Gasteiger partial charge < -0.3 is 24.7 Å². The normalized spacial score (nSPS) is 23.9. The van der Waals surface area contributed by atoms with Crippen LogP contribution >= 0.6 is 0 Å². The Morgan fingerprint density at radius 2 is 1.83 bits per heavy atom. The predicted octanol–water partition coefficient (Wildman–Crippen LogP) is 2.76. The van der Waals surface area contributed by atoms with Crippen molar-refractivity contribution in [3.05, 3.63) is 41.6 Å². The molecule has 3 aromatic heterocycles. The highest BCUT2D eigenvalue weighted by Crippen LogP contribution is 2.42. The van der Waals surface area contributed by atoms with Crippen molar-refractivity contribution in [3.8, 4) is 11.4 Å². The molecule has 3 aliphatic heterocycles. The van der Waals surface area contributed by atoms with Crippen LogP contribution < -0.4 is 10.2 Å². The number of pyridine rings is 2. The lowest BCUT2D eigenvalue weighted by atomic mass is 9.90. The molecule has 3 saturated heterocycles. The summed E-state index contributed by atoms with van der Waals surface area (Å²) in [7, 11) is -1.51. The van der Waals surface area contributed by atoms with E-state index in [4.69, 9.17) is 19.4 Å². The fourth-order valence-corrected chi connectivity index (χ4v) is 7.40. The second-order valence-corrected chi connectivity index (χ2v) is 12.6. The Labute approximate surface area is 211 Å². The van der Waals surface area contributed by atoms with Gasteiger partial charge in [-0.25, -0.2) is 18.4 Å². The van der Waals surface area contributed by atoms with Crippen LogP contribution in [0.4, 0.5) is 5.82 Å². The third-order valence-corrected chi connectivity index (χ3v) is 9.94. The summed E-state index contributed by atoms with van der Waals surface area (Å²) in [5.41, 5.74) is 5.07. The number of anilines is 1. The van der Waals surface area contributed by atoms with Gasteiger partial charge in [0.15, 0.2) is 9.84 Å². The van der Waals surface area contributed by atoms with Crippen LogP contribution in [-0.2, 0) is 30.6 Å². The van der Waals surface area contributed by atoms with Gasteiger partial charge in [-0.15, -0.1) is 0 Å². The maximum absolute atomic E-state index is 13.3. The molecule has 3 aliphatic rings. The molecule has 0 amide bonds. The fraction of sp³-hybridized carbons (Fsp3) is 0.538. The molecule has 2 bridgehead atoms. The number of sulfone groups is 1. The summed E-state index contributed by atoms with van der Waals surface area (Å²) in [6.45, 7) is 3.09. The van der Waals surface area contributed by atoms with Crippen molar-refractivity contribution >= 4 is 26.7 Å². The molecule has 0 spiro atoms. The van der Waals surface area contributed by atoms with Crippen molar-refractivity contribution in [1.82, 2.24) is 20.3 Å². The van der Waals surface area contributed by atoms with Gasteiger partial charge in [-0.3, -0.25) is 0 Å². The van der Waals surface area contributed by atoms with E-state index in [-0.39, 0.29) is 12.2 Å². The highest BCUT2D eigenvalue weighted by atomic mass is 32.2. The molecule has 2 unspecified atom stereocenters. The van der Waals surface area contributed by atoms with Crippen LogP contribution in [0.25, 0.3) is 22.4 Å². The number of H-pyrrole nitrogens is 1. The summed E-state index contributed by atoms with van der Waals surface area (Å²) >= 11 is 0. The monoisotopic (exact) mass is 511 g/mol. The van der Waals surface area contributed by atoms with Crippen molar-refractivity contribution < 1.29 is 17.9 Å². The van der Waals surface area contributed by atoms with Gasteiger partial charge in [0.25, 0.3) is 0 Å². The number of aromatic amines is 1. The van der Waals surface area contributed by atoms with Gasteiger partial charge in [0.2, 0.25) is 0 Å². The van der Waals surface area contributed by atoms with Gasteiger partial charge in [-0.1, -0.05) is 0 Å². The number of rotatable bonds is 6. The van der Waals surface area contributed by atoms with E-state index in [1.807, 2.05) is 37.4 Å². The molecule has 2 N–H and O–H groups in total. The number of morpholine rings is 1. The van der Waals surface area contributed by atoms with Gasteiger partial charge in [-0.05, 0) is 68.6 Å². The number of nitrogens with one attached hydrogen (secondary N) is 2. The first-order valence-corrected chi connectivity index (χ1v) is 14.6. The Morgan fingerprint density at radius 3 is 2.53 bits per heavy atom. The van der Waals surface area contributed by atoms with E-state index in [1.54, 1.807) is 0 Å². The number of aromatic nitrogens is 3. The second-order valence-electron chi connectivity index (χ2n) is 10.3. The highest BCUT2D eigenvalue weighted by Gasteiger charge is 2.45. The lowest BCUT2D eigenvalue weighted by Gasteiger charge is -2.38. The third-order valence-electron chi connectivity index (χ3n) is 7.88. The summed E-state index contributed by atoms with van der Waals surface area (Å²) in [5.74, 6) is 0.795. The Balaban J connectivity index is 1.49. The topological polar surface area (TPSA) is 109 Å². The number of ether oxygens (including phenoxy) is 2. The number of nitrogens with zero attached hydrogens (tertiary/aromatic N) is 3.